The molecule has 2 aromatic rings. The van der Waals surface area contributed by atoms with Gasteiger partial charge in [-0.25, -0.2) is 0 Å². The highest BCUT2D eigenvalue weighted by molar-refractivity contribution is 6.34. The van der Waals surface area contributed by atoms with E-state index in [0.29, 0.717) is 11.5 Å². The van der Waals surface area contributed by atoms with Gasteiger partial charge in [-0.15, -0.1) is 0 Å². The molecule has 2 rings (SSSR count). The summed E-state index contributed by atoms with van der Waals surface area (Å²) in [6.07, 6.45) is 40.3. The minimum Gasteiger partial charge on any atom is -0.808 e. The van der Waals surface area contributed by atoms with E-state index in [0.717, 1.165) is 12.8 Å². The number of benzene rings is 2. The topological polar surface area (TPSA) is 41.5 Å². The first-order valence-corrected chi connectivity index (χ1v) is 25.0. The van der Waals surface area contributed by atoms with Crippen molar-refractivity contribution in [2.75, 3.05) is 26.2 Å². The summed E-state index contributed by atoms with van der Waals surface area (Å²) in [7, 11) is -1.57. The maximum atomic E-state index is 12.3. The summed E-state index contributed by atoms with van der Waals surface area (Å²) in [5, 5.41) is 12.3. The lowest BCUT2D eigenvalue weighted by atomic mass is 10.0. The Morgan fingerprint density at radius 2 is 0.596 bits per heavy atom. The van der Waals surface area contributed by atoms with Crippen LogP contribution in [0.4, 0.5) is 0 Å². The molecule has 0 atom stereocenters. The molecule has 0 aliphatic rings. The van der Waals surface area contributed by atoms with Gasteiger partial charge in [0.2, 0.25) is 0 Å². The molecule has 0 aromatic heterocycles. The van der Waals surface area contributed by atoms with Crippen molar-refractivity contribution in [3.8, 4) is 11.5 Å². The molecule has 328 valence electrons. The van der Waals surface area contributed by atoms with E-state index in [9.17, 15) is 5.02 Å². The maximum Gasteiger partial charge on any atom is 0.492 e. The molecule has 0 saturated heterocycles. The standard InChI is InChI=1S/C36H58BO3.C16H36N/c1-3-5-7-9-11-13-15-17-19-21-23-33-25-29-35(30-26-33)39-37(38)40-36-31-27-34(28-32-36)24-22-20-18-16-14-12-10-8-6-4-2;1-5-9-13-17(14-10-6-2,15-11-7-3)16-12-8-4/h25-32H,3-24H2,1-2H3;5-16H2,1-4H3/q-1;+1. The molecule has 0 fully saturated rings. The highest BCUT2D eigenvalue weighted by Crippen LogP contribution is 2.20. The minimum absolute atomic E-state index is 0.560. The Balaban J connectivity index is 0.000000801. The van der Waals surface area contributed by atoms with Gasteiger partial charge in [-0.2, -0.15) is 0 Å². The molecule has 0 N–H and O–H groups in total. The zero-order valence-electron chi connectivity index (χ0n) is 38.9. The Morgan fingerprint density at radius 1 is 0.351 bits per heavy atom. The van der Waals surface area contributed by atoms with E-state index in [1.54, 1.807) is 0 Å². The normalized spacial score (nSPS) is 11.4. The van der Waals surface area contributed by atoms with Gasteiger partial charge in [0.05, 0.1) is 26.2 Å². The van der Waals surface area contributed by atoms with Crippen LogP contribution in [0.5, 0.6) is 11.5 Å². The first-order chi connectivity index (χ1) is 27.9. The van der Waals surface area contributed by atoms with Gasteiger partial charge in [0.1, 0.15) is 11.5 Å². The van der Waals surface area contributed by atoms with E-state index < -0.39 is 7.32 Å². The van der Waals surface area contributed by atoms with Crippen LogP contribution < -0.4 is 14.3 Å². The van der Waals surface area contributed by atoms with Gasteiger partial charge in [0, 0.05) is 0 Å². The van der Waals surface area contributed by atoms with Gasteiger partial charge in [-0.05, 0) is 86.8 Å². The van der Waals surface area contributed by atoms with Crippen molar-refractivity contribution in [2.45, 2.75) is 234 Å². The number of quaternary nitrogens is 1. The van der Waals surface area contributed by atoms with Crippen LogP contribution >= 0.6 is 0 Å². The molecule has 57 heavy (non-hydrogen) atoms. The predicted octanol–water partition coefficient (Wildman–Crippen LogP) is 15.4. The molecule has 5 heteroatoms. The van der Waals surface area contributed by atoms with Crippen molar-refractivity contribution < 1.29 is 18.8 Å². The number of hydrogen-bond donors (Lipinski definition) is 0. The fraction of sp³-hybridized carbons (Fsp3) is 0.769. The Morgan fingerprint density at radius 3 is 0.860 bits per heavy atom. The average Bonchev–Trinajstić information content (AvgIpc) is 3.23. The first kappa shape index (κ1) is 53.0. The van der Waals surface area contributed by atoms with Crippen LogP contribution in [-0.4, -0.2) is 38.0 Å². The molecule has 0 unspecified atom stereocenters. The summed E-state index contributed by atoms with van der Waals surface area (Å²) >= 11 is 0. The quantitative estimate of drug-likeness (QED) is 0.0386. The van der Waals surface area contributed by atoms with Crippen LogP contribution in [0.3, 0.4) is 0 Å². The number of hydrogen-bond acceptors (Lipinski definition) is 3. The average molecular weight is 792 g/mol. The predicted molar refractivity (Wildman–Crippen MR) is 250 cm³/mol. The SMILES string of the molecule is CCCCCCCCCCCCc1ccc(OB([O-])Oc2ccc(CCCCCCCCCCCC)cc2)cc1.CCCC[N+](CCCC)(CCCC)CCCC. The Bertz CT molecular complexity index is 1000. The van der Waals surface area contributed by atoms with Crippen LogP contribution in [0.25, 0.3) is 0 Å². The lowest BCUT2D eigenvalue weighted by Gasteiger charge is -2.39. The fourth-order valence-electron chi connectivity index (χ4n) is 7.99. The van der Waals surface area contributed by atoms with Crippen LogP contribution in [-0.2, 0) is 12.8 Å². The number of aryl methyl sites for hydroxylation is 2. The van der Waals surface area contributed by atoms with Gasteiger partial charge in [0.15, 0.2) is 0 Å². The van der Waals surface area contributed by atoms with Gasteiger partial charge < -0.3 is 18.8 Å². The Labute approximate surface area is 356 Å². The van der Waals surface area contributed by atoms with E-state index in [1.807, 2.05) is 24.3 Å². The van der Waals surface area contributed by atoms with Gasteiger partial charge in [-0.3, -0.25) is 0 Å². The third kappa shape index (κ3) is 29.8. The Kier molecular flexibility index (Phi) is 35.6. The monoisotopic (exact) mass is 792 g/mol. The lowest BCUT2D eigenvalue weighted by Crippen LogP contribution is -2.50. The summed E-state index contributed by atoms with van der Waals surface area (Å²) in [6, 6.07) is 15.8. The molecular formula is C52H94BNO3. The highest BCUT2D eigenvalue weighted by Gasteiger charge is 2.24. The molecule has 2 aromatic carbocycles. The van der Waals surface area contributed by atoms with Crippen LogP contribution in [0.1, 0.15) is 232 Å². The summed E-state index contributed by atoms with van der Waals surface area (Å²) in [4.78, 5) is 0. The number of unbranched alkanes of at least 4 members (excludes halogenated alkanes) is 22. The third-order valence-corrected chi connectivity index (χ3v) is 11.9. The molecule has 0 saturated carbocycles. The smallest absolute Gasteiger partial charge is 0.492 e. The summed E-state index contributed by atoms with van der Waals surface area (Å²) in [5.74, 6) is 1.12. The van der Waals surface area contributed by atoms with Crippen molar-refractivity contribution in [2.24, 2.45) is 0 Å². The van der Waals surface area contributed by atoms with Crippen molar-refractivity contribution >= 4 is 7.32 Å². The van der Waals surface area contributed by atoms with E-state index >= 15 is 0 Å². The zero-order chi connectivity index (χ0) is 41.5. The molecule has 0 spiro atoms. The van der Waals surface area contributed by atoms with Crippen molar-refractivity contribution in [1.82, 2.24) is 0 Å². The largest absolute Gasteiger partial charge is 0.808 e. The highest BCUT2D eigenvalue weighted by atomic mass is 16.7. The van der Waals surface area contributed by atoms with E-state index in [1.165, 1.54) is 222 Å². The number of nitrogens with zero attached hydrogens (tertiary/aromatic N) is 1. The second-order valence-electron chi connectivity index (χ2n) is 17.3. The van der Waals surface area contributed by atoms with E-state index in [4.69, 9.17) is 9.31 Å². The Hall–Kier alpha value is -1.98. The molecule has 4 nitrogen and oxygen atoms in total. The minimum atomic E-state index is -1.57. The molecule has 0 radical (unpaired) electrons. The van der Waals surface area contributed by atoms with Crippen LogP contribution in [0.2, 0.25) is 0 Å². The summed E-state index contributed by atoms with van der Waals surface area (Å²) < 4.78 is 12.4. The van der Waals surface area contributed by atoms with Crippen molar-refractivity contribution in [1.29, 1.82) is 0 Å². The van der Waals surface area contributed by atoms with Crippen LogP contribution in [0, 0.1) is 0 Å². The molecular weight excluding hydrogens is 697 g/mol. The first-order valence-electron chi connectivity index (χ1n) is 25.0. The molecule has 0 amide bonds. The van der Waals surface area contributed by atoms with Gasteiger partial charge in [-0.1, -0.05) is 207 Å². The fourth-order valence-corrected chi connectivity index (χ4v) is 7.99. The van der Waals surface area contributed by atoms with Crippen LogP contribution in [0.15, 0.2) is 48.5 Å². The zero-order valence-corrected chi connectivity index (χ0v) is 38.9. The van der Waals surface area contributed by atoms with E-state index in [-0.39, 0.29) is 0 Å². The van der Waals surface area contributed by atoms with Gasteiger partial charge in [0.25, 0.3) is 0 Å². The van der Waals surface area contributed by atoms with Gasteiger partial charge >= 0.3 is 7.32 Å². The van der Waals surface area contributed by atoms with Crippen molar-refractivity contribution in [3.63, 3.8) is 0 Å². The molecule has 0 aliphatic heterocycles. The molecule has 0 bridgehead atoms. The lowest BCUT2D eigenvalue weighted by molar-refractivity contribution is -0.929. The van der Waals surface area contributed by atoms with E-state index in [2.05, 4.69) is 65.8 Å². The summed E-state index contributed by atoms with van der Waals surface area (Å²) in [6.45, 7) is 19.6. The number of rotatable bonds is 38. The van der Waals surface area contributed by atoms with Crippen molar-refractivity contribution in [3.05, 3.63) is 59.7 Å². The third-order valence-electron chi connectivity index (χ3n) is 11.9. The summed E-state index contributed by atoms with van der Waals surface area (Å²) in [5.41, 5.74) is 2.60. The molecule has 0 heterocycles. The second kappa shape index (κ2) is 38.2. The second-order valence-corrected chi connectivity index (χ2v) is 17.3. The maximum absolute atomic E-state index is 12.3. The molecule has 0 aliphatic carbocycles.